The van der Waals surface area contributed by atoms with Gasteiger partial charge in [0.15, 0.2) is 11.6 Å². The van der Waals surface area contributed by atoms with Crippen LogP contribution in [0.4, 0.5) is 0 Å². The molecule has 0 unspecified atom stereocenters. The molecule has 0 amide bonds. The van der Waals surface area contributed by atoms with Crippen LogP contribution in [-0.2, 0) is 17.8 Å². The second-order valence-corrected chi connectivity index (χ2v) is 7.33. The Bertz CT molecular complexity index is 1000. The summed E-state index contributed by atoms with van der Waals surface area (Å²) >= 11 is 5.97. The average Bonchev–Trinajstić information content (AvgIpc) is 3.46. The van der Waals surface area contributed by atoms with Gasteiger partial charge in [0.2, 0.25) is 0 Å². The zero-order valence-electron chi connectivity index (χ0n) is 14.8. The summed E-state index contributed by atoms with van der Waals surface area (Å²) < 4.78 is 3.02. The third kappa shape index (κ3) is 4.03. The molecule has 2 aromatic carbocycles. The molecule has 27 heavy (non-hydrogen) atoms. The van der Waals surface area contributed by atoms with Crippen molar-refractivity contribution in [2.24, 2.45) is 0 Å². The molecule has 0 atom stereocenters. The molecule has 3 aromatic rings. The Balaban J connectivity index is 1.54. The Morgan fingerprint density at radius 1 is 1.07 bits per heavy atom. The molecule has 1 aliphatic rings. The molecule has 6 heteroatoms. The summed E-state index contributed by atoms with van der Waals surface area (Å²) in [6.07, 6.45) is 2.99. The second-order valence-electron chi connectivity index (χ2n) is 6.90. The Morgan fingerprint density at radius 2 is 1.78 bits per heavy atom. The predicted octanol–water partition coefficient (Wildman–Crippen LogP) is 3.90. The maximum atomic E-state index is 12.8. The smallest absolute Gasteiger partial charge is 0.298 e. The van der Waals surface area contributed by atoms with E-state index in [1.165, 1.54) is 4.68 Å². The minimum absolute atomic E-state index is 0.00376. The van der Waals surface area contributed by atoms with Gasteiger partial charge in [0.25, 0.3) is 0 Å². The lowest BCUT2D eigenvalue weighted by molar-refractivity contribution is -0.119. The number of carbonyl (C=O) groups excluding carboxylic acids is 1. The first kappa shape index (κ1) is 17.7. The normalized spacial score (nSPS) is 13.7. The highest BCUT2D eigenvalue weighted by Crippen LogP contribution is 2.36. The van der Waals surface area contributed by atoms with Crippen LogP contribution < -0.4 is 5.69 Å². The zero-order chi connectivity index (χ0) is 18.8. The minimum atomic E-state index is -0.212. The number of Topliss-reactive ketones (excluding diaryl/α,β-unsaturated/α-hetero) is 1. The highest BCUT2D eigenvalue weighted by atomic mass is 35.5. The molecule has 138 valence electrons. The molecule has 1 fully saturated rings. The number of hydrogen-bond donors (Lipinski definition) is 0. The lowest BCUT2D eigenvalue weighted by Gasteiger charge is -2.03. The Morgan fingerprint density at radius 3 is 2.44 bits per heavy atom. The number of ketones is 1. The van der Waals surface area contributed by atoms with Crippen LogP contribution >= 0.6 is 11.6 Å². The van der Waals surface area contributed by atoms with Crippen LogP contribution in [0.5, 0.6) is 0 Å². The van der Waals surface area contributed by atoms with Crippen LogP contribution in [0.2, 0.25) is 5.02 Å². The first-order valence-electron chi connectivity index (χ1n) is 9.13. The van der Waals surface area contributed by atoms with Gasteiger partial charge in [-0.3, -0.25) is 9.36 Å². The van der Waals surface area contributed by atoms with Crippen LogP contribution in [0.25, 0.3) is 11.4 Å². The van der Waals surface area contributed by atoms with E-state index in [0.717, 1.165) is 24.0 Å². The van der Waals surface area contributed by atoms with Crippen molar-refractivity contribution in [3.8, 4) is 11.4 Å². The van der Waals surface area contributed by atoms with E-state index in [4.69, 9.17) is 11.6 Å². The number of halogens is 1. The molecule has 1 saturated carbocycles. The van der Waals surface area contributed by atoms with Crippen LogP contribution in [0.3, 0.4) is 0 Å². The van der Waals surface area contributed by atoms with Crippen molar-refractivity contribution in [2.75, 3.05) is 0 Å². The number of carbonyl (C=O) groups is 1. The van der Waals surface area contributed by atoms with Crippen molar-refractivity contribution in [1.29, 1.82) is 0 Å². The second kappa shape index (κ2) is 7.53. The molecule has 1 heterocycles. The summed E-state index contributed by atoms with van der Waals surface area (Å²) in [6.45, 7) is 0.00593. The van der Waals surface area contributed by atoms with Crippen LogP contribution in [-0.4, -0.2) is 20.1 Å². The number of hydrogen-bond acceptors (Lipinski definition) is 3. The predicted molar refractivity (Wildman–Crippen MR) is 105 cm³/mol. The maximum absolute atomic E-state index is 12.8. The van der Waals surface area contributed by atoms with E-state index < -0.39 is 0 Å². The van der Waals surface area contributed by atoms with Crippen LogP contribution in [0.1, 0.15) is 30.9 Å². The summed E-state index contributed by atoms with van der Waals surface area (Å²) in [6, 6.07) is 17.3. The number of nitrogens with zero attached hydrogens (tertiary/aromatic N) is 3. The average molecular weight is 382 g/mol. The van der Waals surface area contributed by atoms with Crippen molar-refractivity contribution in [3.63, 3.8) is 0 Å². The summed E-state index contributed by atoms with van der Waals surface area (Å²) in [5, 5.41) is 5.10. The largest absolute Gasteiger partial charge is 0.346 e. The van der Waals surface area contributed by atoms with Gasteiger partial charge in [-0.2, -0.15) is 0 Å². The van der Waals surface area contributed by atoms with E-state index in [2.05, 4.69) is 5.10 Å². The maximum Gasteiger partial charge on any atom is 0.346 e. The number of benzene rings is 2. The Labute approximate surface area is 162 Å². The topological polar surface area (TPSA) is 56.9 Å². The van der Waals surface area contributed by atoms with E-state index in [-0.39, 0.29) is 24.1 Å². The third-order valence-electron chi connectivity index (χ3n) is 4.75. The van der Waals surface area contributed by atoms with E-state index in [1.54, 1.807) is 16.7 Å². The first-order chi connectivity index (χ1) is 13.1. The van der Waals surface area contributed by atoms with E-state index in [1.807, 2.05) is 42.5 Å². The van der Waals surface area contributed by atoms with Crippen molar-refractivity contribution < 1.29 is 4.79 Å². The van der Waals surface area contributed by atoms with E-state index in [9.17, 15) is 9.59 Å². The highest BCUT2D eigenvalue weighted by Gasteiger charge is 2.30. The first-order valence-corrected chi connectivity index (χ1v) is 9.50. The molecular weight excluding hydrogens is 362 g/mol. The molecule has 0 N–H and O–H groups in total. The summed E-state index contributed by atoms with van der Waals surface area (Å²) in [5.74, 6) is 0.610. The SMILES string of the molecule is O=C(CCc1ccccc1)Cn1nc(-c2ccc(Cl)cc2)n(C2CC2)c1=O. The molecular formula is C21H20ClN3O2. The number of rotatable bonds is 7. The summed E-state index contributed by atoms with van der Waals surface area (Å²) in [7, 11) is 0. The molecule has 0 spiro atoms. The molecule has 4 rings (SSSR count). The zero-order valence-corrected chi connectivity index (χ0v) is 15.6. The summed E-state index contributed by atoms with van der Waals surface area (Å²) in [5.41, 5.74) is 1.73. The highest BCUT2D eigenvalue weighted by molar-refractivity contribution is 6.30. The van der Waals surface area contributed by atoms with Crippen LogP contribution in [0, 0.1) is 0 Å². The van der Waals surface area contributed by atoms with Gasteiger partial charge in [-0.1, -0.05) is 41.9 Å². The van der Waals surface area contributed by atoms with Gasteiger partial charge in [0.05, 0.1) is 0 Å². The van der Waals surface area contributed by atoms with Gasteiger partial charge in [0.1, 0.15) is 6.54 Å². The fourth-order valence-electron chi connectivity index (χ4n) is 3.16. The third-order valence-corrected chi connectivity index (χ3v) is 5.00. The van der Waals surface area contributed by atoms with Gasteiger partial charge < -0.3 is 0 Å². The fraction of sp³-hybridized carbons (Fsp3) is 0.286. The standard InChI is InChI=1S/C21H20ClN3O2/c22-17-9-7-16(8-10-17)20-23-24(21(27)25(20)18-11-12-18)14-19(26)13-6-15-4-2-1-3-5-15/h1-5,7-10,18H,6,11-14H2. The van der Waals surface area contributed by atoms with Gasteiger partial charge in [-0.05, 0) is 49.1 Å². The van der Waals surface area contributed by atoms with Gasteiger partial charge >= 0.3 is 5.69 Å². The van der Waals surface area contributed by atoms with Gasteiger partial charge in [-0.25, -0.2) is 9.48 Å². The van der Waals surface area contributed by atoms with Crippen molar-refractivity contribution in [3.05, 3.63) is 75.7 Å². The molecule has 0 bridgehead atoms. The molecule has 0 radical (unpaired) electrons. The van der Waals surface area contributed by atoms with Crippen molar-refractivity contribution in [1.82, 2.24) is 14.3 Å². The molecule has 1 aromatic heterocycles. The minimum Gasteiger partial charge on any atom is -0.298 e. The molecule has 5 nitrogen and oxygen atoms in total. The quantitative estimate of drug-likeness (QED) is 0.623. The fourth-order valence-corrected chi connectivity index (χ4v) is 3.28. The summed E-state index contributed by atoms with van der Waals surface area (Å²) in [4.78, 5) is 25.2. The lowest BCUT2D eigenvalue weighted by Crippen LogP contribution is -2.27. The molecule has 0 aliphatic heterocycles. The monoisotopic (exact) mass is 381 g/mol. The number of aromatic nitrogens is 3. The molecule has 0 saturated heterocycles. The van der Waals surface area contributed by atoms with Gasteiger partial charge in [-0.15, -0.1) is 5.10 Å². The Hall–Kier alpha value is -2.66. The number of aryl methyl sites for hydroxylation is 1. The Kier molecular flexibility index (Phi) is 4.94. The van der Waals surface area contributed by atoms with Gasteiger partial charge in [0, 0.05) is 23.0 Å². The lowest BCUT2D eigenvalue weighted by atomic mass is 10.1. The van der Waals surface area contributed by atoms with Crippen molar-refractivity contribution in [2.45, 2.75) is 38.3 Å². The van der Waals surface area contributed by atoms with E-state index >= 15 is 0 Å². The van der Waals surface area contributed by atoms with Crippen molar-refractivity contribution >= 4 is 17.4 Å². The van der Waals surface area contributed by atoms with E-state index in [0.29, 0.717) is 23.7 Å². The molecule has 1 aliphatic carbocycles. The van der Waals surface area contributed by atoms with Crippen LogP contribution in [0.15, 0.2) is 59.4 Å².